The highest BCUT2D eigenvalue weighted by atomic mass is 19.1. The molecule has 35 heavy (non-hydrogen) atoms. The molecule has 1 fully saturated rings. The van der Waals surface area contributed by atoms with Gasteiger partial charge in [-0.1, -0.05) is 5.16 Å². The van der Waals surface area contributed by atoms with E-state index in [1.165, 1.54) is 11.6 Å². The molecule has 1 saturated carbocycles. The molecular formula is C25H27F2N5O3. The second-order valence-corrected chi connectivity index (χ2v) is 9.85. The van der Waals surface area contributed by atoms with Crippen LogP contribution in [0.25, 0.3) is 33.3 Å². The highest BCUT2D eigenvalue weighted by molar-refractivity contribution is 5.94. The molecule has 8 nitrogen and oxygen atoms in total. The third-order valence-electron chi connectivity index (χ3n) is 6.92. The topological polar surface area (TPSA) is 99.0 Å². The van der Waals surface area contributed by atoms with Crippen molar-refractivity contribution in [2.75, 3.05) is 0 Å². The maximum absolute atomic E-state index is 15.9. The van der Waals surface area contributed by atoms with Crippen molar-refractivity contribution in [3.05, 3.63) is 42.3 Å². The van der Waals surface area contributed by atoms with Crippen molar-refractivity contribution in [2.45, 2.75) is 70.9 Å². The van der Waals surface area contributed by atoms with Crippen molar-refractivity contribution in [1.29, 1.82) is 0 Å². The van der Waals surface area contributed by atoms with Crippen LogP contribution in [-0.4, -0.2) is 46.9 Å². The van der Waals surface area contributed by atoms with Crippen molar-refractivity contribution >= 4 is 17.0 Å². The summed E-state index contributed by atoms with van der Waals surface area (Å²) in [7, 11) is 0. The number of carboxylic acids is 1. The molecule has 1 aliphatic rings. The number of carbonyl (C=O) groups is 1. The Morgan fingerprint density at radius 1 is 1.14 bits per heavy atom. The molecule has 0 saturated heterocycles. The fourth-order valence-corrected chi connectivity index (χ4v) is 4.95. The smallest absolute Gasteiger partial charge is 0.325 e. The molecule has 0 aliphatic heterocycles. The number of rotatable bonds is 6. The Balaban J connectivity index is 1.60. The zero-order valence-electron chi connectivity index (χ0n) is 19.9. The molecule has 1 aliphatic carbocycles. The van der Waals surface area contributed by atoms with E-state index in [0.29, 0.717) is 22.4 Å². The van der Waals surface area contributed by atoms with E-state index in [2.05, 4.69) is 10.3 Å². The number of hydrogen-bond acceptors (Lipinski definition) is 5. The Morgan fingerprint density at radius 3 is 2.54 bits per heavy atom. The van der Waals surface area contributed by atoms with Gasteiger partial charge in [0.25, 0.3) is 0 Å². The van der Waals surface area contributed by atoms with Crippen LogP contribution in [0.5, 0.6) is 0 Å². The first-order valence-electron chi connectivity index (χ1n) is 11.6. The molecule has 0 radical (unpaired) electrons. The summed E-state index contributed by atoms with van der Waals surface area (Å²) in [4.78, 5) is 15.8. The average molecular weight is 484 g/mol. The number of halogens is 2. The lowest BCUT2D eigenvalue weighted by Crippen LogP contribution is -2.38. The monoisotopic (exact) mass is 483 g/mol. The molecule has 4 aromatic heterocycles. The summed E-state index contributed by atoms with van der Waals surface area (Å²) >= 11 is 0. The van der Waals surface area contributed by atoms with Crippen LogP contribution in [0.3, 0.4) is 0 Å². The number of fused-ring (bicyclic) bond motifs is 1. The molecule has 0 unspecified atom stereocenters. The van der Waals surface area contributed by atoms with Gasteiger partial charge in [0, 0.05) is 40.8 Å². The fraction of sp³-hybridized carbons (Fsp3) is 0.440. The van der Waals surface area contributed by atoms with Gasteiger partial charge in [-0.15, -0.1) is 0 Å². The van der Waals surface area contributed by atoms with Crippen LogP contribution in [-0.2, 0) is 17.9 Å². The minimum absolute atomic E-state index is 0.0651. The average Bonchev–Trinajstić information content (AvgIpc) is 3.48. The van der Waals surface area contributed by atoms with Gasteiger partial charge in [0.2, 0.25) is 0 Å². The summed E-state index contributed by atoms with van der Waals surface area (Å²) in [6.45, 7) is 5.01. The first kappa shape index (κ1) is 23.2. The molecule has 0 amide bonds. The van der Waals surface area contributed by atoms with E-state index in [0.717, 1.165) is 22.4 Å². The van der Waals surface area contributed by atoms with Crippen LogP contribution in [0, 0.1) is 13.8 Å². The molecule has 5 rings (SSSR count). The first-order valence-corrected chi connectivity index (χ1v) is 11.6. The van der Waals surface area contributed by atoms with Gasteiger partial charge < -0.3 is 14.2 Å². The van der Waals surface area contributed by atoms with E-state index >= 15 is 4.39 Å². The number of aliphatic carboxylic acids is 1. The van der Waals surface area contributed by atoms with Crippen molar-refractivity contribution in [3.8, 4) is 22.3 Å². The molecule has 1 N–H and O–H groups in total. The molecule has 4 heterocycles. The normalized spacial score (nSPS) is 22.7. The summed E-state index contributed by atoms with van der Waals surface area (Å²) in [6, 6.07) is 1.94. The van der Waals surface area contributed by atoms with Crippen molar-refractivity contribution in [1.82, 2.24) is 24.5 Å². The largest absolute Gasteiger partial charge is 0.480 e. The quantitative estimate of drug-likeness (QED) is 0.401. The predicted octanol–water partition coefficient (Wildman–Crippen LogP) is 5.27. The van der Waals surface area contributed by atoms with Crippen LogP contribution in [0.1, 0.15) is 44.1 Å². The number of aryl methyl sites for hydroxylation is 2. The van der Waals surface area contributed by atoms with Crippen LogP contribution < -0.4 is 0 Å². The van der Waals surface area contributed by atoms with E-state index in [9.17, 15) is 9.18 Å². The zero-order chi connectivity index (χ0) is 25.0. The Hall–Kier alpha value is -3.56. The number of pyridine rings is 1. The van der Waals surface area contributed by atoms with Gasteiger partial charge in [0.05, 0.1) is 29.5 Å². The van der Waals surface area contributed by atoms with Crippen molar-refractivity contribution in [3.63, 3.8) is 0 Å². The predicted molar refractivity (Wildman–Crippen MR) is 125 cm³/mol. The van der Waals surface area contributed by atoms with E-state index in [1.54, 1.807) is 18.6 Å². The molecule has 0 atom stereocenters. The number of carboxylic acid groups (broad SMARTS) is 1. The lowest BCUT2D eigenvalue weighted by Gasteiger charge is -2.36. The summed E-state index contributed by atoms with van der Waals surface area (Å²) in [5.74, 6) is -0.339. The van der Waals surface area contributed by atoms with E-state index in [4.69, 9.17) is 14.6 Å². The standard InChI is InChI=1S/C25H27F2N5O3/c1-15-22(16(2)35-30-15)17-8-20-23(28-9-17)19(18-10-29-32(11-18)13-21(33)34)12-31(20)14-25(27)6-4-24(3,26)5-7-25/h8-12H,4-7,13-14H2,1-3H3,(H,33,34). The second kappa shape index (κ2) is 8.28. The SMILES string of the molecule is Cc1noc(C)c1-c1cnc2c(-c3cnn(CC(=O)O)c3)cn(CC3(F)CCC(C)(F)CC3)c2c1. The molecule has 0 aromatic carbocycles. The molecule has 0 bridgehead atoms. The summed E-state index contributed by atoms with van der Waals surface area (Å²) in [5.41, 5.74) is 2.25. The first-order chi connectivity index (χ1) is 16.5. The van der Waals surface area contributed by atoms with Gasteiger partial charge >= 0.3 is 5.97 Å². The van der Waals surface area contributed by atoms with Crippen LogP contribution >= 0.6 is 0 Å². The van der Waals surface area contributed by atoms with Crippen molar-refractivity contribution < 1.29 is 23.2 Å². The Bertz CT molecular complexity index is 1390. The van der Waals surface area contributed by atoms with Gasteiger partial charge in [-0.25, -0.2) is 8.78 Å². The molecular weight excluding hydrogens is 456 g/mol. The molecule has 10 heteroatoms. The lowest BCUT2D eigenvalue weighted by atomic mass is 9.79. The van der Waals surface area contributed by atoms with Crippen LogP contribution in [0.4, 0.5) is 8.78 Å². The third kappa shape index (κ3) is 4.44. The summed E-state index contributed by atoms with van der Waals surface area (Å²) in [5, 5.41) is 17.2. The highest BCUT2D eigenvalue weighted by Gasteiger charge is 2.41. The highest BCUT2D eigenvalue weighted by Crippen LogP contribution is 2.42. The Kier molecular flexibility index (Phi) is 5.49. The number of aromatic nitrogens is 5. The molecule has 0 spiro atoms. The zero-order valence-corrected chi connectivity index (χ0v) is 19.9. The fourth-order valence-electron chi connectivity index (χ4n) is 4.95. The van der Waals surface area contributed by atoms with Gasteiger partial charge in [-0.2, -0.15) is 5.10 Å². The minimum atomic E-state index is -1.54. The Morgan fingerprint density at radius 2 is 1.89 bits per heavy atom. The van der Waals surface area contributed by atoms with E-state index in [-0.39, 0.29) is 38.8 Å². The van der Waals surface area contributed by atoms with Crippen LogP contribution in [0.2, 0.25) is 0 Å². The van der Waals surface area contributed by atoms with Crippen molar-refractivity contribution in [2.24, 2.45) is 0 Å². The van der Waals surface area contributed by atoms with Gasteiger partial charge in [-0.3, -0.25) is 14.5 Å². The molecule has 4 aromatic rings. The summed E-state index contributed by atoms with van der Waals surface area (Å²) in [6.07, 6.45) is 7.40. The number of nitrogens with zero attached hydrogens (tertiary/aromatic N) is 5. The lowest BCUT2D eigenvalue weighted by molar-refractivity contribution is -0.137. The Labute approximate surface area is 200 Å². The summed E-state index contributed by atoms with van der Waals surface area (Å²) < 4.78 is 38.7. The second-order valence-electron chi connectivity index (χ2n) is 9.85. The van der Waals surface area contributed by atoms with Gasteiger partial charge in [0.15, 0.2) is 0 Å². The van der Waals surface area contributed by atoms with Gasteiger partial charge in [0.1, 0.15) is 23.6 Å². The molecule has 184 valence electrons. The maximum atomic E-state index is 15.9. The van der Waals surface area contributed by atoms with Crippen LogP contribution in [0.15, 0.2) is 35.4 Å². The minimum Gasteiger partial charge on any atom is -0.480 e. The van der Waals surface area contributed by atoms with Gasteiger partial charge in [-0.05, 0) is 52.5 Å². The maximum Gasteiger partial charge on any atom is 0.325 e. The van der Waals surface area contributed by atoms with E-state index < -0.39 is 17.3 Å². The number of alkyl halides is 2. The van der Waals surface area contributed by atoms with E-state index in [1.807, 2.05) is 30.7 Å². The third-order valence-corrected chi connectivity index (χ3v) is 6.92. The number of hydrogen-bond donors (Lipinski definition) is 1.